The Labute approximate surface area is 167 Å². The van der Waals surface area contributed by atoms with Gasteiger partial charge in [-0.25, -0.2) is 4.39 Å². The summed E-state index contributed by atoms with van der Waals surface area (Å²) in [5, 5.41) is 10.9. The predicted molar refractivity (Wildman–Crippen MR) is 109 cm³/mol. The third-order valence-corrected chi connectivity index (χ3v) is 4.99. The topological polar surface area (TPSA) is 57.6 Å². The monoisotopic (exact) mass is 387 g/mol. The Bertz CT molecular complexity index is 1100. The zero-order chi connectivity index (χ0) is 20.5. The van der Waals surface area contributed by atoms with Gasteiger partial charge in [-0.05, 0) is 36.8 Å². The van der Waals surface area contributed by atoms with E-state index in [0.717, 1.165) is 5.56 Å². The van der Waals surface area contributed by atoms with Crippen LogP contribution < -0.4 is 4.90 Å². The number of carbonyl (C=O) groups excluding carboxylic acids is 2. The van der Waals surface area contributed by atoms with Crippen LogP contribution in [0.4, 0.5) is 10.1 Å². The van der Waals surface area contributed by atoms with Crippen LogP contribution in [0.15, 0.2) is 84.4 Å². The van der Waals surface area contributed by atoms with Gasteiger partial charge in [-0.1, -0.05) is 60.2 Å². The lowest BCUT2D eigenvalue weighted by Crippen LogP contribution is -2.29. The zero-order valence-corrected chi connectivity index (χ0v) is 15.7. The minimum atomic E-state index is -0.862. The van der Waals surface area contributed by atoms with Gasteiger partial charge in [-0.3, -0.25) is 14.5 Å². The van der Waals surface area contributed by atoms with Crippen molar-refractivity contribution in [2.45, 2.75) is 13.0 Å². The van der Waals surface area contributed by atoms with Crippen LogP contribution in [0.25, 0.3) is 5.76 Å². The molecule has 0 radical (unpaired) electrons. The summed E-state index contributed by atoms with van der Waals surface area (Å²) in [4.78, 5) is 27.2. The lowest BCUT2D eigenvalue weighted by Gasteiger charge is -2.25. The lowest BCUT2D eigenvalue weighted by molar-refractivity contribution is -0.132. The molecule has 1 heterocycles. The van der Waals surface area contributed by atoms with E-state index in [-0.39, 0.29) is 11.3 Å². The van der Waals surface area contributed by atoms with E-state index in [0.29, 0.717) is 16.8 Å². The fraction of sp³-hybridized carbons (Fsp3) is 0.0833. The van der Waals surface area contributed by atoms with E-state index < -0.39 is 23.5 Å². The van der Waals surface area contributed by atoms with Crippen LogP contribution in [-0.4, -0.2) is 16.8 Å². The highest BCUT2D eigenvalue weighted by molar-refractivity contribution is 6.51. The largest absolute Gasteiger partial charge is 0.507 e. The molecule has 1 N–H and O–H groups in total. The van der Waals surface area contributed by atoms with Crippen molar-refractivity contribution in [2.24, 2.45) is 0 Å². The van der Waals surface area contributed by atoms with Crippen LogP contribution in [0.1, 0.15) is 22.7 Å². The summed E-state index contributed by atoms with van der Waals surface area (Å²) in [6, 6.07) is 20.5. The number of hydrogen-bond acceptors (Lipinski definition) is 3. The molecule has 1 saturated heterocycles. The molecule has 0 aliphatic carbocycles. The molecule has 144 valence electrons. The smallest absolute Gasteiger partial charge is 0.300 e. The maximum absolute atomic E-state index is 13.5. The SMILES string of the molecule is Cc1ccc(N2C(=O)C(=O)/C(=C(/O)c3ccccc3)[C@H]2c2ccc(F)cc2)cc1. The van der Waals surface area contributed by atoms with Crippen molar-refractivity contribution in [3.63, 3.8) is 0 Å². The molecule has 4 rings (SSSR count). The van der Waals surface area contributed by atoms with E-state index in [1.807, 2.05) is 19.1 Å². The number of Topliss-reactive ketones (excluding diaryl/α,β-unsaturated/α-hetero) is 1. The third-order valence-electron chi connectivity index (χ3n) is 4.99. The van der Waals surface area contributed by atoms with Crippen LogP contribution >= 0.6 is 0 Å². The Morgan fingerprint density at radius 1 is 0.897 bits per heavy atom. The molecule has 3 aromatic rings. The molecule has 1 amide bonds. The van der Waals surface area contributed by atoms with E-state index in [1.165, 1.54) is 29.2 Å². The molecule has 5 heteroatoms. The number of halogens is 1. The number of ketones is 1. The number of aliphatic hydroxyl groups is 1. The summed E-state index contributed by atoms with van der Waals surface area (Å²) >= 11 is 0. The van der Waals surface area contributed by atoms with E-state index in [9.17, 15) is 19.1 Å². The van der Waals surface area contributed by atoms with Crippen LogP contribution in [-0.2, 0) is 9.59 Å². The Kier molecular flexibility index (Phi) is 4.72. The third kappa shape index (κ3) is 3.31. The Morgan fingerprint density at radius 3 is 2.14 bits per heavy atom. The summed E-state index contributed by atoms with van der Waals surface area (Å²) in [6.07, 6.45) is 0. The van der Waals surface area contributed by atoms with E-state index in [4.69, 9.17) is 0 Å². The number of hydrogen-bond donors (Lipinski definition) is 1. The van der Waals surface area contributed by atoms with Crippen molar-refractivity contribution < 1.29 is 19.1 Å². The fourth-order valence-electron chi connectivity index (χ4n) is 3.52. The molecule has 0 bridgehead atoms. The molecular formula is C24H18FNO3. The quantitative estimate of drug-likeness (QED) is 0.400. The first-order valence-electron chi connectivity index (χ1n) is 9.16. The molecule has 3 aromatic carbocycles. The molecule has 29 heavy (non-hydrogen) atoms. The van der Waals surface area contributed by atoms with Crippen molar-refractivity contribution in [3.05, 3.63) is 107 Å². The zero-order valence-electron chi connectivity index (χ0n) is 15.7. The molecule has 0 saturated carbocycles. The Hall–Kier alpha value is -3.73. The molecular weight excluding hydrogens is 369 g/mol. The number of carbonyl (C=O) groups is 2. The van der Waals surface area contributed by atoms with Crippen LogP contribution in [0.3, 0.4) is 0 Å². The number of aliphatic hydroxyl groups excluding tert-OH is 1. The van der Waals surface area contributed by atoms with Gasteiger partial charge < -0.3 is 5.11 Å². The van der Waals surface area contributed by atoms with Gasteiger partial charge in [0.05, 0.1) is 11.6 Å². The second-order valence-electron chi connectivity index (χ2n) is 6.92. The maximum Gasteiger partial charge on any atom is 0.300 e. The van der Waals surface area contributed by atoms with Crippen molar-refractivity contribution in [1.82, 2.24) is 0 Å². The summed E-state index contributed by atoms with van der Waals surface area (Å²) in [5.41, 5.74) is 2.48. The minimum absolute atomic E-state index is 0.0200. The Morgan fingerprint density at radius 2 is 1.52 bits per heavy atom. The average Bonchev–Trinajstić information content (AvgIpc) is 3.00. The van der Waals surface area contributed by atoms with Crippen LogP contribution in [0.2, 0.25) is 0 Å². The predicted octanol–water partition coefficient (Wildman–Crippen LogP) is 4.76. The number of aryl methyl sites for hydroxylation is 1. The number of anilines is 1. The normalized spacial score (nSPS) is 18.3. The highest BCUT2D eigenvalue weighted by atomic mass is 19.1. The Balaban J connectivity index is 1.94. The molecule has 0 unspecified atom stereocenters. The van der Waals surface area contributed by atoms with Gasteiger partial charge >= 0.3 is 0 Å². The molecule has 0 spiro atoms. The van der Waals surface area contributed by atoms with Gasteiger partial charge in [-0.2, -0.15) is 0 Å². The number of rotatable bonds is 3. The molecule has 1 aliphatic rings. The van der Waals surface area contributed by atoms with E-state index >= 15 is 0 Å². The summed E-state index contributed by atoms with van der Waals surface area (Å²) in [7, 11) is 0. The number of nitrogens with zero attached hydrogens (tertiary/aromatic N) is 1. The van der Waals surface area contributed by atoms with Crippen molar-refractivity contribution in [1.29, 1.82) is 0 Å². The molecule has 4 nitrogen and oxygen atoms in total. The first-order valence-corrected chi connectivity index (χ1v) is 9.16. The lowest BCUT2D eigenvalue weighted by atomic mass is 9.95. The van der Waals surface area contributed by atoms with Crippen molar-refractivity contribution in [3.8, 4) is 0 Å². The first kappa shape index (κ1) is 18.6. The van der Waals surface area contributed by atoms with Crippen LogP contribution in [0, 0.1) is 12.7 Å². The summed E-state index contributed by atoms with van der Waals surface area (Å²) in [5.74, 6) is -2.20. The van der Waals surface area contributed by atoms with E-state index in [1.54, 1.807) is 42.5 Å². The molecule has 1 atom stereocenters. The van der Waals surface area contributed by atoms with Gasteiger partial charge in [0, 0.05) is 11.3 Å². The highest BCUT2D eigenvalue weighted by Crippen LogP contribution is 2.42. The summed E-state index contributed by atoms with van der Waals surface area (Å²) in [6.45, 7) is 1.92. The van der Waals surface area contributed by atoms with Gasteiger partial charge in [0.25, 0.3) is 11.7 Å². The highest BCUT2D eigenvalue weighted by Gasteiger charge is 2.46. The second-order valence-corrected chi connectivity index (χ2v) is 6.92. The number of benzene rings is 3. The molecule has 1 fully saturated rings. The van der Waals surface area contributed by atoms with Crippen molar-refractivity contribution >= 4 is 23.1 Å². The van der Waals surface area contributed by atoms with Gasteiger partial charge in [0.1, 0.15) is 11.6 Å². The fourth-order valence-corrected chi connectivity index (χ4v) is 3.52. The van der Waals surface area contributed by atoms with E-state index in [2.05, 4.69) is 0 Å². The standard InChI is InChI=1S/C24H18FNO3/c1-15-7-13-19(14-8-15)26-21(16-9-11-18(25)12-10-16)20(23(28)24(26)29)22(27)17-5-3-2-4-6-17/h2-14,21,27H,1H3/b22-20+/t21-/m1/s1. The first-order chi connectivity index (χ1) is 14.0. The van der Waals surface area contributed by atoms with Gasteiger partial charge in [-0.15, -0.1) is 0 Å². The van der Waals surface area contributed by atoms with Gasteiger partial charge in [0.2, 0.25) is 0 Å². The van der Waals surface area contributed by atoms with Crippen LogP contribution in [0.5, 0.6) is 0 Å². The van der Waals surface area contributed by atoms with Crippen molar-refractivity contribution in [2.75, 3.05) is 4.90 Å². The minimum Gasteiger partial charge on any atom is -0.507 e. The average molecular weight is 387 g/mol. The van der Waals surface area contributed by atoms with Gasteiger partial charge in [0.15, 0.2) is 0 Å². The molecule has 1 aliphatic heterocycles. The maximum atomic E-state index is 13.5. The summed E-state index contributed by atoms with van der Waals surface area (Å²) < 4.78 is 13.5. The number of amides is 1. The molecule has 0 aromatic heterocycles. The second kappa shape index (κ2) is 7.36.